The normalized spacial score (nSPS) is 14.1. The van der Waals surface area contributed by atoms with Crippen LogP contribution in [0, 0.1) is 0 Å². The molecule has 0 aliphatic carbocycles. The summed E-state index contributed by atoms with van der Waals surface area (Å²) in [5.74, 6) is 0.632. The Morgan fingerprint density at radius 1 is 0.971 bits per heavy atom. The molecule has 0 unspecified atom stereocenters. The molecular formula is C22H20F6N6. The van der Waals surface area contributed by atoms with E-state index in [4.69, 9.17) is 0 Å². The molecule has 34 heavy (non-hydrogen) atoms. The lowest BCUT2D eigenvalue weighted by Gasteiger charge is -2.31. The molecule has 0 radical (unpaired) electrons. The zero-order valence-corrected chi connectivity index (χ0v) is 17.9. The number of aromatic nitrogens is 3. The van der Waals surface area contributed by atoms with E-state index in [1.54, 1.807) is 7.05 Å². The van der Waals surface area contributed by atoms with E-state index in [2.05, 4.69) is 25.6 Å². The molecule has 0 atom stereocenters. The van der Waals surface area contributed by atoms with Crippen LogP contribution in [0.2, 0.25) is 0 Å². The Labute approximate surface area is 191 Å². The minimum absolute atomic E-state index is 0.0797. The molecule has 0 bridgehead atoms. The fraction of sp³-hybridized carbons (Fsp3) is 0.318. The van der Waals surface area contributed by atoms with Gasteiger partial charge in [0.2, 0.25) is 0 Å². The Morgan fingerprint density at radius 2 is 1.71 bits per heavy atom. The highest BCUT2D eigenvalue weighted by atomic mass is 19.4. The van der Waals surface area contributed by atoms with E-state index in [0.29, 0.717) is 41.6 Å². The van der Waals surface area contributed by atoms with Crippen LogP contribution in [0.1, 0.15) is 28.2 Å². The van der Waals surface area contributed by atoms with Crippen molar-refractivity contribution in [2.75, 3.05) is 23.8 Å². The molecule has 0 saturated heterocycles. The van der Waals surface area contributed by atoms with E-state index in [1.165, 1.54) is 29.3 Å². The lowest BCUT2D eigenvalue weighted by molar-refractivity contribution is -0.138. The van der Waals surface area contributed by atoms with Crippen molar-refractivity contribution in [3.05, 3.63) is 70.8 Å². The van der Waals surface area contributed by atoms with Gasteiger partial charge in [-0.3, -0.25) is 0 Å². The van der Waals surface area contributed by atoms with Gasteiger partial charge in [-0.25, -0.2) is 15.0 Å². The number of anilines is 3. The van der Waals surface area contributed by atoms with Gasteiger partial charge >= 0.3 is 12.4 Å². The van der Waals surface area contributed by atoms with E-state index >= 15 is 0 Å². The van der Waals surface area contributed by atoms with Gasteiger partial charge < -0.3 is 15.5 Å². The maximum absolute atomic E-state index is 13.5. The molecule has 1 aliphatic rings. The lowest BCUT2D eigenvalue weighted by Crippen LogP contribution is -2.34. The highest BCUT2D eigenvalue weighted by Crippen LogP contribution is 2.37. The van der Waals surface area contributed by atoms with Crippen LogP contribution in [0.15, 0.2) is 42.6 Å². The fourth-order valence-corrected chi connectivity index (χ4v) is 3.75. The summed E-state index contributed by atoms with van der Waals surface area (Å²) < 4.78 is 79.1. The molecule has 3 heterocycles. The topological polar surface area (TPSA) is 66.0 Å². The zero-order chi connectivity index (χ0) is 24.5. The molecule has 6 nitrogen and oxygen atoms in total. The number of nitrogens with zero attached hydrogens (tertiary/aromatic N) is 4. The van der Waals surface area contributed by atoms with Crippen molar-refractivity contribution in [2.24, 2.45) is 0 Å². The molecule has 0 fully saturated rings. The largest absolute Gasteiger partial charge is 0.419 e. The van der Waals surface area contributed by atoms with E-state index in [1.807, 2.05) is 0 Å². The zero-order valence-electron chi connectivity index (χ0n) is 17.9. The van der Waals surface area contributed by atoms with Crippen LogP contribution in [0.25, 0.3) is 0 Å². The minimum atomic E-state index is -4.55. The predicted molar refractivity (Wildman–Crippen MR) is 114 cm³/mol. The average Bonchev–Trinajstić information content (AvgIpc) is 2.78. The van der Waals surface area contributed by atoms with Crippen LogP contribution in [0.4, 0.5) is 43.7 Å². The third kappa shape index (κ3) is 5.06. The molecule has 0 saturated carbocycles. The van der Waals surface area contributed by atoms with Gasteiger partial charge in [0.25, 0.3) is 0 Å². The Kier molecular flexibility index (Phi) is 6.34. The smallest absolute Gasteiger partial charge is 0.350 e. The van der Waals surface area contributed by atoms with Crippen LogP contribution < -0.4 is 15.5 Å². The Balaban J connectivity index is 1.66. The number of fused-ring (bicyclic) bond motifs is 1. The molecule has 0 spiro atoms. The molecule has 2 N–H and O–H groups in total. The van der Waals surface area contributed by atoms with Gasteiger partial charge in [-0.1, -0.05) is 0 Å². The molecule has 1 aliphatic heterocycles. The minimum Gasteiger partial charge on any atom is -0.350 e. The first kappa shape index (κ1) is 23.7. The van der Waals surface area contributed by atoms with Gasteiger partial charge in [0.1, 0.15) is 17.5 Å². The number of hydrogen-bond donors (Lipinski definition) is 2. The third-order valence-electron chi connectivity index (χ3n) is 5.31. The summed E-state index contributed by atoms with van der Waals surface area (Å²) in [7, 11) is 1.70. The Hall–Kier alpha value is -3.41. The van der Waals surface area contributed by atoms with Crippen LogP contribution >= 0.6 is 0 Å². The number of rotatable bonds is 5. The van der Waals surface area contributed by atoms with Crippen molar-refractivity contribution in [2.45, 2.75) is 31.9 Å². The molecule has 4 rings (SSSR count). The van der Waals surface area contributed by atoms with E-state index in [-0.39, 0.29) is 18.9 Å². The van der Waals surface area contributed by atoms with Crippen molar-refractivity contribution in [3.8, 4) is 0 Å². The van der Waals surface area contributed by atoms with Crippen molar-refractivity contribution in [1.29, 1.82) is 0 Å². The van der Waals surface area contributed by atoms with Gasteiger partial charge in [0.05, 0.1) is 29.9 Å². The quantitative estimate of drug-likeness (QED) is 0.503. The molecule has 180 valence electrons. The van der Waals surface area contributed by atoms with E-state index in [0.717, 1.165) is 18.2 Å². The predicted octanol–water partition coefficient (Wildman–Crippen LogP) is 4.93. The highest BCUT2D eigenvalue weighted by Gasteiger charge is 2.37. The summed E-state index contributed by atoms with van der Waals surface area (Å²) in [6.45, 7) is 0.617. The van der Waals surface area contributed by atoms with E-state index < -0.39 is 23.5 Å². The molecular weight excluding hydrogens is 462 g/mol. The second-order valence-corrected chi connectivity index (χ2v) is 7.69. The van der Waals surface area contributed by atoms with Gasteiger partial charge in [-0.05, 0) is 49.9 Å². The number of benzene rings is 1. The number of pyridine rings is 1. The maximum Gasteiger partial charge on any atom is 0.419 e. The summed E-state index contributed by atoms with van der Waals surface area (Å²) in [5, 5.41) is 5.96. The second-order valence-electron chi connectivity index (χ2n) is 7.69. The maximum atomic E-state index is 13.5. The first-order valence-corrected chi connectivity index (χ1v) is 10.3. The summed E-state index contributed by atoms with van der Waals surface area (Å²) in [6.07, 6.45) is -7.37. The Morgan fingerprint density at radius 3 is 2.35 bits per heavy atom. The van der Waals surface area contributed by atoms with Gasteiger partial charge in [-0.2, -0.15) is 26.3 Å². The number of hydrogen-bond acceptors (Lipinski definition) is 6. The first-order chi connectivity index (χ1) is 16.1. The summed E-state index contributed by atoms with van der Waals surface area (Å²) >= 11 is 0. The summed E-state index contributed by atoms with van der Waals surface area (Å²) in [4.78, 5) is 14.5. The van der Waals surface area contributed by atoms with Crippen LogP contribution in [0.3, 0.4) is 0 Å². The van der Waals surface area contributed by atoms with Gasteiger partial charge in [-0.15, -0.1) is 0 Å². The first-order valence-electron chi connectivity index (χ1n) is 10.3. The van der Waals surface area contributed by atoms with Crippen molar-refractivity contribution in [1.82, 2.24) is 20.3 Å². The highest BCUT2D eigenvalue weighted by molar-refractivity contribution is 5.62. The summed E-state index contributed by atoms with van der Waals surface area (Å²) in [5.41, 5.74) is 0.0205. The number of nitrogens with one attached hydrogen (secondary N) is 2. The Bertz CT molecular complexity index is 1160. The van der Waals surface area contributed by atoms with E-state index in [9.17, 15) is 26.3 Å². The molecule has 12 heteroatoms. The summed E-state index contributed by atoms with van der Waals surface area (Å²) in [6, 6.07) is 6.75. The lowest BCUT2D eigenvalue weighted by atomic mass is 10.0. The van der Waals surface area contributed by atoms with Gasteiger partial charge in [0.15, 0.2) is 0 Å². The number of halogens is 6. The van der Waals surface area contributed by atoms with Crippen molar-refractivity contribution >= 4 is 17.3 Å². The van der Waals surface area contributed by atoms with Crippen molar-refractivity contribution in [3.63, 3.8) is 0 Å². The standard InChI is InChI=1S/C22H20F6N6/c1-29-11-18-32-17-12-34(20-16(22(26,27)28)3-2-9-30-20)10-8-15(17)19(33-18)31-14-6-4-13(5-7-14)21(23,24)25/h2-7,9,29H,8,10-12H2,1H3,(H,31,32,33). The van der Waals surface area contributed by atoms with Crippen LogP contribution in [-0.4, -0.2) is 28.5 Å². The average molecular weight is 482 g/mol. The molecule has 3 aromatic rings. The monoisotopic (exact) mass is 482 g/mol. The molecule has 1 aromatic carbocycles. The second kappa shape index (κ2) is 9.09. The number of alkyl halides is 6. The molecule has 2 aromatic heterocycles. The molecule has 0 amide bonds. The SMILES string of the molecule is CNCc1nc2c(c(Nc3ccc(C(F)(F)F)cc3)n1)CCN(c1ncccc1C(F)(F)F)C2. The van der Waals surface area contributed by atoms with Crippen LogP contribution in [0.5, 0.6) is 0 Å². The van der Waals surface area contributed by atoms with Crippen molar-refractivity contribution < 1.29 is 26.3 Å². The fourth-order valence-electron chi connectivity index (χ4n) is 3.75. The third-order valence-corrected chi connectivity index (χ3v) is 5.31. The van der Waals surface area contributed by atoms with Crippen LogP contribution in [-0.2, 0) is 31.9 Å². The van der Waals surface area contributed by atoms with Gasteiger partial charge in [0, 0.05) is 24.0 Å².